The van der Waals surface area contributed by atoms with Gasteiger partial charge in [-0.2, -0.15) is 0 Å². The number of hydrogen-bond donors (Lipinski definition) is 2. The summed E-state index contributed by atoms with van der Waals surface area (Å²) in [5.41, 5.74) is 0.529. The average Bonchev–Trinajstić information content (AvgIpc) is 2.24. The quantitative estimate of drug-likeness (QED) is 0.686. The van der Waals surface area contributed by atoms with E-state index in [0.717, 1.165) is 24.0 Å². The second-order valence-electron chi connectivity index (χ2n) is 4.22. The van der Waals surface area contributed by atoms with Crippen LogP contribution >= 0.6 is 0 Å². The van der Waals surface area contributed by atoms with Gasteiger partial charge < -0.3 is 10.2 Å². The topological polar surface area (TPSA) is 57.5 Å². The monoisotopic (exact) mass is 206 g/mol. The van der Waals surface area contributed by atoms with Crippen LogP contribution < -0.4 is 0 Å². The Morgan fingerprint density at radius 3 is 2.80 bits per heavy atom. The van der Waals surface area contributed by atoms with Crippen molar-refractivity contribution in [2.45, 2.75) is 25.9 Å². The van der Waals surface area contributed by atoms with Crippen molar-refractivity contribution >= 4 is 5.97 Å². The Bertz CT molecular complexity index is 390. The zero-order chi connectivity index (χ0) is 11.1. The molecule has 3 heteroatoms. The molecule has 0 aromatic heterocycles. The van der Waals surface area contributed by atoms with E-state index in [1.165, 1.54) is 0 Å². The highest BCUT2D eigenvalue weighted by Crippen LogP contribution is 2.39. The van der Waals surface area contributed by atoms with Crippen molar-refractivity contribution in [2.24, 2.45) is 5.41 Å². The van der Waals surface area contributed by atoms with E-state index in [0.29, 0.717) is 0 Å². The van der Waals surface area contributed by atoms with E-state index < -0.39 is 17.5 Å². The van der Waals surface area contributed by atoms with E-state index in [1.807, 2.05) is 12.2 Å². The number of carbonyl (C=O) groups is 1. The number of aliphatic hydroxyl groups is 1. The summed E-state index contributed by atoms with van der Waals surface area (Å²) in [6.07, 6.45) is 8.24. The van der Waals surface area contributed by atoms with Gasteiger partial charge in [-0.25, -0.2) is 0 Å². The first-order valence-electron chi connectivity index (χ1n) is 5.07. The maximum absolute atomic E-state index is 11.1. The van der Waals surface area contributed by atoms with E-state index >= 15 is 0 Å². The number of carboxylic acid groups (broad SMARTS) is 1. The molecule has 0 heterocycles. The number of aliphatic carboxylic acids is 1. The first kappa shape index (κ1) is 10.2. The fourth-order valence-corrected chi connectivity index (χ4v) is 2.01. The SMILES string of the molecule is CC1(C(=O)O)C=CC2=CCCC=C2C1O. The Morgan fingerprint density at radius 2 is 2.13 bits per heavy atom. The van der Waals surface area contributed by atoms with E-state index in [9.17, 15) is 9.90 Å². The van der Waals surface area contributed by atoms with Crippen molar-refractivity contribution < 1.29 is 15.0 Å². The fraction of sp³-hybridized carbons (Fsp3) is 0.417. The minimum absolute atomic E-state index is 0.758. The molecule has 2 rings (SSSR count). The van der Waals surface area contributed by atoms with Crippen LogP contribution in [-0.4, -0.2) is 22.3 Å². The maximum Gasteiger partial charge on any atom is 0.316 e. The van der Waals surface area contributed by atoms with Gasteiger partial charge in [0.15, 0.2) is 0 Å². The molecule has 3 nitrogen and oxygen atoms in total. The van der Waals surface area contributed by atoms with Gasteiger partial charge in [-0.05, 0) is 30.9 Å². The molecule has 80 valence electrons. The van der Waals surface area contributed by atoms with Crippen LogP contribution in [0.3, 0.4) is 0 Å². The molecule has 0 amide bonds. The largest absolute Gasteiger partial charge is 0.481 e. The number of aliphatic hydroxyl groups excluding tert-OH is 1. The van der Waals surface area contributed by atoms with Gasteiger partial charge in [0.1, 0.15) is 5.41 Å². The highest BCUT2D eigenvalue weighted by Gasteiger charge is 2.43. The minimum Gasteiger partial charge on any atom is -0.481 e. The molecule has 15 heavy (non-hydrogen) atoms. The number of fused-ring (bicyclic) bond motifs is 1. The summed E-state index contributed by atoms with van der Waals surface area (Å²) >= 11 is 0. The molecule has 0 bridgehead atoms. The molecule has 2 atom stereocenters. The van der Waals surface area contributed by atoms with Crippen LogP contribution in [0.5, 0.6) is 0 Å². The van der Waals surface area contributed by atoms with Crippen molar-refractivity contribution in [3.63, 3.8) is 0 Å². The van der Waals surface area contributed by atoms with Gasteiger partial charge in [0.25, 0.3) is 0 Å². The van der Waals surface area contributed by atoms with Gasteiger partial charge in [-0.3, -0.25) is 4.79 Å². The first-order chi connectivity index (χ1) is 7.05. The lowest BCUT2D eigenvalue weighted by Gasteiger charge is -2.34. The average molecular weight is 206 g/mol. The second-order valence-corrected chi connectivity index (χ2v) is 4.22. The normalized spacial score (nSPS) is 34.1. The summed E-state index contributed by atoms with van der Waals surface area (Å²) < 4.78 is 0. The third-order valence-corrected chi connectivity index (χ3v) is 3.16. The highest BCUT2D eigenvalue weighted by molar-refractivity contribution is 5.80. The van der Waals surface area contributed by atoms with E-state index in [1.54, 1.807) is 19.1 Å². The Morgan fingerprint density at radius 1 is 1.47 bits per heavy atom. The van der Waals surface area contributed by atoms with Crippen LogP contribution in [0.4, 0.5) is 0 Å². The summed E-state index contributed by atoms with van der Waals surface area (Å²) in [6.45, 7) is 1.54. The van der Waals surface area contributed by atoms with Crippen LogP contribution in [0, 0.1) is 5.41 Å². The van der Waals surface area contributed by atoms with Crippen LogP contribution in [-0.2, 0) is 4.79 Å². The van der Waals surface area contributed by atoms with Gasteiger partial charge in [0.05, 0.1) is 6.10 Å². The number of hydrogen-bond acceptors (Lipinski definition) is 2. The van der Waals surface area contributed by atoms with Crippen molar-refractivity contribution in [1.82, 2.24) is 0 Å². The molecule has 2 unspecified atom stereocenters. The third-order valence-electron chi connectivity index (χ3n) is 3.16. The Hall–Kier alpha value is -1.35. The molecule has 2 aliphatic carbocycles. The lowest BCUT2D eigenvalue weighted by Crippen LogP contribution is -2.42. The molecule has 0 aromatic rings. The Labute approximate surface area is 88.4 Å². The standard InChI is InChI=1S/C12H14O3/c1-12(11(14)15)7-6-8-4-2-3-5-9(8)10(12)13/h4-7,10,13H,2-3H2,1H3,(H,14,15). The van der Waals surface area contributed by atoms with E-state index in [4.69, 9.17) is 5.11 Å². The van der Waals surface area contributed by atoms with E-state index in [2.05, 4.69) is 0 Å². The highest BCUT2D eigenvalue weighted by atomic mass is 16.4. The van der Waals surface area contributed by atoms with Gasteiger partial charge in [0.2, 0.25) is 0 Å². The molecule has 0 radical (unpaired) electrons. The van der Waals surface area contributed by atoms with Crippen molar-refractivity contribution in [2.75, 3.05) is 0 Å². The number of allylic oxidation sites excluding steroid dienone is 3. The molecular formula is C12H14O3. The second kappa shape index (κ2) is 3.35. The van der Waals surface area contributed by atoms with Crippen molar-refractivity contribution in [3.05, 3.63) is 35.5 Å². The predicted molar refractivity (Wildman–Crippen MR) is 56.3 cm³/mol. The third kappa shape index (κ3) is 1.43. The summed E-state index contributed by atoms with van der Waals surface area (Å²) in [6, 6.07) is 0. The smallest absolute Gasteiger partial charge is 0.316 e. The molecular weight excluding hydrogens is 192 g/mol. The lowest BCUT2D eigenvalue weighted by atomic mass is 9.72. The summed E-state index contributed by atoms with van der Waals surface area (Å²) in [5, 5.41) is 19.2. The molecule has 0 saturated heterocycles. The summed E-state index contributed by atoms with van der Waals surface area (Å²) in [4.78, 5) is 11.1. The predicted octanol–water partition coefficient (Wildman–Crippen LogP) is 1.65. The first-order valence-corrected chi connectivity index (χ1v) is 5.07. The van der Waals surface area contributed by atoms with Crippen LogP contribution in [0.1, 0.15) is 19.8 Å². The maximum atomic E-state index is 11.1. The van der Waals surface area contributed by atoms with Gasteiger partial charge >= 0.3 is 5.97 Å². The fourth-order valence-electron chi connectivity index (χ4n) is 2.01. The molecule has 0 fully saturated rings. The number of carboxylic acids is 1. The minimum atomic E-state index is -1.19. The van der Waals surface area contributed by atoms with Gasteiger partial charge in [-0.15, -0.1) is 0 Å². The summed E-state index contributed by atoms with van der Waals surface area (Å²) in [7, 11) is 0. The lowest BCUT2D eigenvalue weighted by molar-refractivity contribution is -0.149. The van der Waals surface area contributed by atoms with Gasteiger partial charge in [-0.1, -0.05) is 24.3 Å². The molecule has 2 N–H and O–H groups in total. The molecule has 0 saturated carbocycles. The van der Waals surface area contributed by atoms with Gasteiger partial charge in [0, 0.05) is 0 Å². The van der Waals surface area contributed by atoms with Crippen molar-refractivity contribution in [3.8, 4) is 0 Å². The van der Waals surface area contributed by atoms with Crippen LogP contribution in [0.15, 0.2) is 35.5 Å². The molecule has 2 aliphatic rings. The molecule has 0 aliphatic heterocycles. The van der Waals surface area contributed by atoms with E-state index in [-0.39, 0.29) is 0 Å². The molecule has 0 aromatic carbocycles. The zero-order valence-electron chi connectivity index (χ0n) is 8.60. The molecule has 0 spiro atoms. The zero-order valence-corrected chi connectivity index (χ0v) is 8.60. The number of rotatable bonds is 1. The van der Waals surface area contributed by atoms with Crippen LogP contribution in [0.2, 0.25) is 0 Å². The summed E-state index contributed by atoms with van der Waals surface area (Å²) in [5.74, 6) is -0.989. The van der Waals surface area contributed by atoms with Crippen LogP contribution in [0.25, 0.3) is 0 Å². The Kier molecular flexibility index (Phi) is 2.27. The van der Waals surface area contributed by atoms with Crippen molar-refractivity contribution in [1.29, 1.82) is 0 Å². The Balaban J connectivity index is 2.47.